The van der Waals surface area contributed by atoms with Gasteiger partial charge in [0.2, 0.25) is 17.7 Å². The Bertz CT molecular complexity index is 1920. The van der Waals surface area contributed by atoms with Crippen LogP contribution in [0.15, 0.2) is 119 Å². The van der Waals surface area contributed by atoms with E-state index in [9.17, 15) is 23.2 Å². The highest BCUT2D eigenvalue weighted by atomic mass is 79.9. The SMILES string of the molecule is C=CC[C@@]1(c2ccc(F)cc2)CCN([C@@H](C)c2ccc(Br)cc2)C(=O)C1.C[C@@H](c1ccc(Br)cc1)N1CC[C@@](CCC(N)=O)(c2ccc(F)cc2)CC1=O. The molecule has 2 aliphatic rings. The second kappa shape index (κ2) is 18.0. The number of hydrogen-bond acceptors (Lipinski definition) is 3. The van der Waals surface area contributed by atoms with Gasteiger partial charge in [-0.2, -0.15) is 0 Å². The van der Waals surface area contributed by atoms with Crippen molar-refractivity contribution >= 4 is 49.6 Å². The second-order valence-corrected chi connectivity index (χ2v) is 16.3. The predicted molar refractivity (Wildman–Crippen MR) is 216 cm³/mol. The van der Waals surface area contributed by atoms with Gasteiger partial charge in [0.15, 0.2) is 0 Å². The van der Waals surface area contributed by atoms with Gasteiger partial charge in [-0.25, -0.2) is 8.78 Å². The van der Waals surface area contributed by atoms with Crippen LogP contribution < -0.4 is 5.73 Å². The van der Waals surface area contributed by atoms with Crippen molar-refractivity contribution in [1.29, 1.82) is 0 Å². The molecule has 3 amide bonds. The van der Waals surface area contributed by atoms with E-state index in [1.165, 1.54) is 24.3 Å². The number of carbonyl (C=O) groups is 3. The van der Waals surface area contributed by atoms with Crippen LogP contribution in [-0.4, -0.2) is 40.6 Å². The number of nitrogens with two attached hydrogens (primary N) is 1. The molecule has 4 atom stereocenters. The molecule has 0 aliphatic carbocycles. The first-order valence-corrected chi connectivity index (χ1v) is 19.9. The minimum Gasteiger partial charge on any atom is -0.370 e. The first-order chi connectivity index (χ1) is 25.8. The lowest BCUT2D eigenvalue weighted by Crippen LogP contribution is -2.47. The Kier molecular flexibility index (Phi) is 13.7. The molecule has 0 aromatic heterocycles. The van der Waals surface area contributed by atoms with E-state index in [2.05, 4.69) is 45.4 Å². The summed E-state index contributed by atoms with van der Waals surface area (Å²) in [5.74, 6) is -0.788. The number of allylic oxidation sites excluding steroid dienone is 1. The van der Waals surface area contributed by atoms with Gasteiger partial charge in [-0.05, 0) is 110 Å². The summed E-state index contributed by atoms with van der Waals surface area (Å²) in [5, 5.41) is 0. The number of likely N-dealkylation sites (tertiary alicyclic amines) is 2. The molecule has 2 aliphatic heterocycles. The van der Waals surface area contributed by atoms with Crippen molar-refractivity contribution in [2.24, 2.45) is 5.73 Å². The zero-order valence-electron chi connectivity index (χ0n) is 30.7. The van der Waals surface area contributed by atoms with E-state index in [-0.39, 0.29) is 59.7 Å². The van der Waals surface area contributed by atoms with Gasteiger partial charge in [-0.1, -0.05) is 86.5 Å². The summed E-state index contributed by atoms with van der Waals surface area (Å²) in [6.45, 7) is 9.22. The summed E-state index contributed by atoms with van der Waals surface area (Å²) in [5.41, 5.74) is 8.69. The molecule has 6 rings (SSSR count). The molecule has 6 nitrogen and oxygen atoms in total. The van der Waals surface area contributed by atoms with Crippen molar-refractivity contribution in [1.82, 2.24) is 9.80 Å². The Balaban J connectivity index is 0.000000208. The van der Waals surface area contributed by atoms with Crippen LogP contribution in [0.2, 0.25) is 0 Å². The smallest absolute Gasteiger partial charge is 0.223 e. The molecular weight excluding hydrogens is 816 g/mol. The number of amides is 3. The molecule has 284 valence electrons. The third kappa shape index (κ3) is 9.74. The fourth-order valence-corrected chi connectivity index (χ4v) is 8.46. The minimum absolute atomic E-state index is 0.0329. The van der Waals surface area contributed by atoms with Gasteiger partial charge in [0, 0.05) is 52.1 Å². The number of benzene rings is 4. The van der Waals surface area contributed by atoms with Crippen molar-refractivity contribution in [3.05, 3.63) is 153 Å². The first kappa shape index (κ1) is 41.0. The highest BCUT2D eigenvalue weighted by Crippen LogP contribution is 2.43. The predicted octanol–water partition coefficient (Wildman–Crippen LogP) is 10.3. The maximum atomic E-state index is 13.4. The fourth-order valence-electron chi connectivity index (χ4n) is 7.93. The van der Waals surface area contributed by atoms with Crippen LogP contribution in [0.5, 0.6) is 0 Å². The largest absolute Gasteiger partial charge is 0.370 e. The lowest BCUT2D eigenvalue weighted by Gasteiger charge is -2.44. The van der Waals surface area contributed by atoms with E-state index >= 15 is 0 Å². The number of rotatable bonds is 11. The third-order valence-electron chi connectivity index (χ3n) is 11.2. The Morgan fingerprint density at radius 1 is 0.722 bits per heavy atom. The van der Waals surface area contributed by atoms with E-state index < -0.39 is 5.41 Å². The monoisotopic (exact) mass is 861 g/mol. The Hall–Kier alpha value is -4.15. The van der Waals surface area contributed by atoms with Gasteiger partial charge in [-0.3, -0.25) is 14.4 Å². The van der Waals surface area contributed by atoms with Crippen LogP contribution in [-0.2, 0) is 25.2 Å². The highest BCUT2D eigenvalue weighted by Gasteiger charge is 2.42. The van der Waals surface area contributed by atoms with Gasteiger partial charge in [-0.15, -0.1) is 6.58 Å². The van der Waals surface area contributed by atoms with Crippen molar-refractivity contribution < 1.29 is 23.2 Å². The zero-order chi connectivity index (χ0) is 39.0. The molecule has 2 fully saturated rings. The molecule has 2 N–H and O–H groups in total. The van der Waals surface area contributed by atoms with E-state index in [0.29, 0.717) is 38.8 Å². The number of primary amides is 1. The van der Waals surface area contributed by atoms with Gasteiger partial charge in [0.1, 0.15) is 11.6 Å². The fraction of sp³-hybridized carbons (Fsp3) is 0.341. The van der Waals surface area contributed by atoms with Crippen LogP contribution in [0, 0.1) is 11.6 Å². The van der Waals surface area contributed by atoms with Gasteiger partial charge in [0.05, 0.1) is 12.1 Å². The van der Waals surface area contributed by atoms with Gasteiger partial charge in [0.25, 0.3) is 0 Å². The van der Waals surface area contributed by atoms with Gasteiger partial charge < -0.3 is 15.5 Å². The Morgan fingerprint density at radius 3 is 1.50 bits per heavy atom. The molecule has 0 saturated carbocycles. The topological polar surface area (TPSA) is 83.7 Å². The zero-order valence-corrected chi connectivity index (χ0v) is 33.9. The number of halogens is 4. The molecule has 10 heteroatoms. The van der Waals surface area contributed by atoms with Crippen LogP contribution in [0.4, 0.5) is 8.78 Å². The molecule has 0 unspecified atom stereocenters. The number of hydrogen-bond donors (Lipinski definition) is 1. The molecule has 54 heavy (non-hydrogen) atoms. The molecule has 4 aromatic carbocycles. The second-order valence-electron chi connectivity index (χ2n) is 14.5. The lowest BCUT2D eigenvalue weighted by molar-refractivity contribution is -0.139. The maximum Gasteiger partial charge on any atom is 0.223 e. The quantitative estimate of drug-likeness (QED) is 0.153. The summed E-state index contributed by atoms with van der Waals surface area (Å²) < 4.78 is 28.8. The van der Waals surface area contributed by atoms with E-state index in [1.54, 1.807) is 24.3 Å². The van der Waals surface area contributed by atoms with Crippen LogP contribution in [0.3, 0.4) is 0 Å². The van der Waals surface area contributed by atoms with Crippen molar-refractivity contribution in [2.75, 3.05) is 13.1 Å². The number of nitrogens with zero attached hydrogens (tertiary/aromatic N) is 2. The minimum atomic E-state index is -0.490. The Labute approximate surface area is 334 Å². The van der Waals surface area contributed by atoms with Crippen molar-refractivity contribution in [3.63, 3.8) is 0 Å². The molecule has 0 bridgehead atoms. The molecule has 4 aromatic rings. The first-order valence-electron chi connectivity index (χ1n) is 18.3. The third-order valence-corrected chi connectivity index (χ3v) is 12.3. The van der Waals surface area contributed by atoms with E-state index in [4.69, 9.17) is 5.73 Å². The van der Waals surface area contributed by atoms with Crippen LogP contribution >= 0.6 is 31.9 Å². The standard InChI is InChI=1S/C22H24BrFN2O2.C22H23BrFNO/c1-15(16-2-6-18(23)7-3-16)26-13-12-22(14-21(26)28,11-10-20(25)27)17-4-8-19(24)9-5-17;1-3-12-22(18-6-10-20(24)11-7-18)13-14-25(21(26)15-22)16(2)17-4-8-19(23)9-5-17/h2-9,15H,10-14H2,1H3,(H2,25,27);3-11,16H,1,12-15H2,2H3/t15-,22+;16-,22+/m00/s1. The average molecular weight is 864 g/mol. The number of piperidine rings is 2. The maximum absolute atomic E-state index is 13.4. The highest BCUT2D eigenvalue weighted by molar-refractivity contribution is 9.10. The molecular formula is C44H47Br2F2N3O3. The molecule has 0 spiro atoms. The summed E-state index contributed by atoms with van der Waals surface area (Å²) in [7, 11) is 0. The molecule has 2 heterocycles. The van der Waals surface area contributed by atoms with Gasteiger partial charge >= 0.3 is 0 Å². The summed E-state index contributed by atoms with van der Waals surface area (Å²) in [4.78, 5) is 41.4. The lowest BCUT2D eigenvalue weighted by atomic mass is 9.69. The van der Waals surface area contributed by atoms with E-state index in [1.807, 2.05) is 71.3 Å². The van der Waals surface area contributed by atoms with Crippen LogP contribution in [0.1, 0.15) is 93.1 Å². The summed E-state index contributed by atoms with van der Waals surface area (Å²) in [6, 6.07) is 28.9. The van der Waals surface area contributed by atoms with Crippen molar-refractivity contribution in [2.45, 2.75) is 81.7 Å². The average Bonchev–Trinajstić information content (AvgIpc) is 3.15. The number of carbonyl (C=O) groups excluding carboxylic acids is 3. The van der Waals surface area contributed by atoms with E-state index in [0.717, 1.165) is 37.6 Å². The summed E-state index contributed by atoms with van der Waals surface area (Å²) in [6.07, 6.45) is 5.52. The van der Waals surface area contributed by atoms with Crippen molar-refractivity contribution in [3.8, 4) is 0 Å². The normalized spacial score (nSPS) is 21.1. The molecule has 0 radical (unpaired) electrons. The Morgan fingerprint density at radius 2 is 1.11 bits per heavy atom. The molecule has 2 saturated heterocycles. The summed E-state index contributed by atoms with van der Waals surface area (Å²) >= 11 is 6.88. The van der Waals surface area contributed by atoms with Crippen LogP contribution in [0.25, 0.3) is 0 Å².